The van der Waals surface area contributed by atoms with E-state index in [2.05, 4.69) is 69.5 Å². The van der Waals surface area contributed by atoms with Crippen LogP contribution in [0.1, 0.15) is 87.3 Å². The van der Waals surface area contributed by atoms with Crippen LogP contribution in [0.5, 0.6) is 5.75 Å². The molecule has 0 spiro atoms. The zero-order valence-corrected chi connectivity index (χ0v) is 21.0. The number of rotatable bonds is 6. The molecule has 1 aliphatic heterocycles. The fraction of sp³-hybridized carbons (Fsp3) is 0.448. The lowest BCUT2D eigenvalue weighted by atomic mass is 9.94. The molecule has 1 aromatic carbocycles. The summed E-state index contributed by atoms with van der Waals surface area (Å²) in [6, 6.07) is 19.7. The van der Waals surface area contributed by atoms with Gasteiger partial charge in [0.05, 0.1) is 17.8 Å². The van der Waals surface area contributed by atoms with E-state index in [1.807, 2.05) is 12.3 Å². The summed E-state index contributed by atoms with van der Waals surface area (Å²) >= 11 is 5.95. The maximum absolute atomic E-state index is 6.23. The van der Waals surface area contributed by atoms with E-state index >= 15 is 0 Å². The standard InChI is InChI=1S/C29H34N4OS/c35-29-31-27(25-13-6-7-19-30-25)28(26-14-8-20-32(26)21-9-2-1-3-10-21)33(29)22-15-17-24(18-16-22)34-23-11-4-5-12-23/h6-8,13-21,23,27-28H,1-5,9-12H2,(H,31,35)/t27-,28-/m0/s1. The van der Waals surface area contributed by atoms with Gasteiger partial charge in [0.15, 0.2) is 5.11 Å². The van der Waals surface area contributed by atoms with Gasteiger partial charge in [-0.2, -0.15) is 0 Å². The van der Waals surface area contributed by atoms with Gasteiger partial charge in [-0.25, -0.2) is 0 Å². The van der Waals surface area contributed by atoms with Crippen molar-refractivity contribution < 1.29 is 4.74 Å². The number of nitrogens with zero attached hydrogens (tertiary/aromatic N) is 3. The van der Waals surface area contributed by atoms with Crippen LogP contribution in [0.25, 0.3) is 0 Å². The first-order chi connectivity index (χ1) is 17.3. The Bertz CT molecular complexity index is 1130. The van der Waals surface area contributed by atoms with E-state index in [4.69, 9.17) is 21.9 Å². The lowest BCUT2D eigenvalue weighted by Gasteiger charge is -2.32. The van der Waals surface area contributed by atoms with Gasteiger partial charge in [-0.1, -0.05) is 25.3 Å². The smallest absolute Gasteiger partial charge is 0.174 e. The first-order valence-electron chi connectivity index (χ1n) is 13.2. The molecule has 5 nitrogen and oxygen atoms in total. The number of ether oxygens (including phenoxy) is 1. The van der Waals surface area contributed by atoms with Crippen LogP contribution < -0.4 is 15.0 Å². The molecule has 0 unspecified atom stereocenters. The zero-order chi connectivity index (χ0) is 23.6. The highest BCUT2D eigenvalue weighted by Gasteiger charge is 2.42. The van der Waals surface area contributed by atoms with Crippen LogP contribution in [0.4, 0.5) is 5.69 Å². The van der Waals surface area contributed by atoms with Crippen molar-refractivity contribution in [3.63, 3.8) is 0 Å². The molecule has 182 valence electrons. The van der Waals surface area contributed by atoms with E-state index in [-0.39, 0.29) is 12.1 Å². The average Bonchev–Trinajstić information content (AvgIpc) is 3.66. The van der Waals surface area contributed by atoms with E-state index < -0.39 is 0 Å². The first kappa shape index (κ1) is 22.6. The van der Waals surface area contributed by atoms with Crippen molar-refractivity contribution in [2.75, 3.05) is 4.90 Å². The van der Waals surface area contributed by atoms with Gasteiger partial charge in [-0.15, -0.1) is 0 Å². The van der Waals surface area contributed by atoms with Crippen molar-refractivity contribution >= 4 is 23.0 Å². The highest BCUT2D eigenvalue weighted by atomic mass is 32.1. The molecule has 3 aliphatic rings. The number of anilines is 1. The van der Waals surface area contributed by atoms with Crippen molar-refractivity contribution in [2.24, 2.45) is 0 Å². The third kappa shape index (κ3) is 4.56. The van der Waals surface area contributed by atoms with Crippen LogP contribution in [0, 0.1) is 0 Å². The molecule has 3 aromatic rings. The Kier molecular flexibility index (Phi) is 6.47. The summed E-state index contributed by atoms with van der Waals surface area (Å²) in [5.41, 5.74) is 3.40. The minimum absolute atomic E-state index is 0.0182. The van der Waals surface area contributed by atoms with Gasteiger partial charge in [0.2, 0.25) is 0 Å². The minimum Gasteiger partial charge on any atom is -0.490 e. The molecule has 1 N–H and O–H groups in total. The molecule has 6 rings (SSSR count). The van der Waals surface area contributed by atoms with Crippen LogP contribution >= 0.6 is 12.2 Å². The monoisotopic (exact) mass is 486 g/mol. The zero-order valence-electron chi connectivity index (χ0n) is 20.2. The molecule has 35 heavy (non-hydrogen) atoms. The molecule has 6 heteroatoms. The summed E-state index contributed by atoms with van der Waals surface area (Å²) in [6.07, 6.45) is 15.8. The molecule has 2 saturated carbocycles. The summed E-state index contributed by atoms with van der Waals surface area (Å²) in [5.74, 6) is 0.946. The molecule has 2 aromatic heterocycles. The number of aromatic nitrogens is 2. The predicted molar refractivity (Wildman–Crippen MR) is 144 cm³/mol. The van der Waals surface area contributed by atoms with Crippen molar-refractivity contribution in [3.8, 4) is 5.75 Å². The Morgan fingerprint density at radius 1 is 0.857 bits per heavy atom. The second-order valence-electron chi connectivity index (χ2n) is 10.1. The normalized spacial score (nSPS) is 23.5. The fourth-order valence-electron chi connectivity index (χ4n) is 6.17. The number of thiocarbonyl (C=S) groups is 1. The lowest BCUT2D eigenvalue weighted by molar-refractivity contribution is 0.210. The van der Waals surface area contributed by atoms with Crippen LogP contribution in [-0.2, 0) is 0 Å². The van der Waals surface area contributed by atoms with Crippen LogP contribution in [0.3, 0.4) is 0 Å². The van der Waals surface area contributed by atoms with Crippen LogP contribution in [-0.4, -0.2) is 20.8 Å². The highest BCUT2D eigenvalue weighted by Crippen LogP contribution is 2.43. The van der Waals surface area contributed by atoms with Gasteiger partial charge < -0.3 is 19.5 Å². The molecule has 0 amide bonds. The first-order valence-corrected chi connectivity index (χ1v) is 13.6. The van der Waals surface area contributed by atoms with Gasteiger partial charge in [-0.3, -0.25) is 4.98 Å². The number of benzene rings is 1. The van der Waals surface area contributed by atoms with Gasteiger partial charge in [-0.05, 0) is 99.3 Å². The molecule has 0 radical (unpaired) electrons. The molecule has 2 atom stereocenters. The summed E-state index contributed by atoms with van der Waals surface area (Å²) in [4.78, 5) is 7.00. The largest absolute Gasteiger partial charge is 0.490 e. The number of pyridine rings is 1. The number of nitrogens with one attached hydrogen (secondary N) is 1. The Labute approximate surface area is 213 Å². The van der Waals surface area contributed by atoms with Gasteiger partial charge in [0.1, 0.15) is 11.8 Å². The van der Waals surface area contributed by atoms with Gasteiger partial charge >= 0.3 is 0 Å². The lowest BCUT2D eigenvalue weighted by Crippen LogP contribution is -2.31. The van der Waals surface area contributed by atoms with Crippen molar-refractivity contribution in [2.45, 2.75) is 82.0 Å². The summed E-state index contributed by atoms with van der Waals surface area (Å²) in [5, 5.41) is 4.35. The second kappa shape index (κ2) is 10.0. The second-order valence-corrected chi connectivity index (χ2v) is 10.5. The van der Waals surface area contributed by atoms with E-state index in [0.717, 1.165) is 35.1 Å². The molecular formula is C29H34N4OS. The van der Waals surface area contributed by atoms with Crippen molar-refractivity contribution in [1.82, 2.24) is 14.9 Å². The third-order valence-electron chi connectivity index (χ3n) is 7.90. The van der Waals surface area contributed by atoms with E-state index in [9.17, 15) is 0 Å². The molecule has 3 fully saturated rings. The molecule has 1 saturated heterocycles. The third-order valence-corrected chi connectivity index (χ3v) is 8.22. The SMILES string of the molecule is S=C1N[C@@H](c2ccccn2)[C@H](c2cccn2C2CCCCC2)N1c1ccc(OC2CCCC2)cc1. The maximum atomic E-state index is 6.23. The van der Waals surface area contributed by atoms with Crippen LogP contribution in [0.2, 0.25) is 0 Å². The molecule has 2 aliphatic carbocycles. The Hall–Kier alpha value is -2.86. The molecular weight excluding hydrogens is 452 g/mol. The number of hydrogen-bond donors (Lipinski definition) is 1. The maximum Gasteiger partial charge on any atom is 0.174 e. The van der Waals surface area contributed by atoms with Crippen LogP contribution in [0.15, 0.2) is 67.0 Å². The summed E-state index contributed by atoms with van der Waals surface area (Å²) in [7, 11) is 0. The highest BCUT2D eigenvalue weighted by molar-refractivity contribution is 7.80. The molecule has 0 bridgehead atoms. The fourth-order valence-corrected chi connectivity index (χ4v) is 6.51. The number of hydrogen-bond acceptors (Lipinski definition) is 3. The quantitative estimate of drug-likeness (QED) is 0.384. The van der Waals surface area contributed by atoms with E-state index in [0.29, 0.717) is 12.1 Å². The van der Waals surface area contributed by atoms with Crippen molar-refractivity contribution in [3.05, 3.63) is 78.4 Å². The molecule has 3 heterocycles. The Morgan fingerprint density at radius 3 is 2.37 bits per heavy atom. The predicted octanol–water partition coefficient (Wildman–Crippen LogP) is 6.89. The summed E-state index contributed by atoms with van der Waals surface area (Å²) < 4.78 is 8.74. The summed E-state index contributed by atoms with van der Waals surface area (Å²) in [6.45, 7) is 0. The Balaban J connectivity index is 1.35. The van der Waals surface area contributed by atoms with E-state index in [1.165, 1.54) is 50.6 Å². The van der Waals surface area contributed by atoms with Gasteiger partial charge in [0, 0.05) is 29.8 Å². The van der Waals surface area contributed by atoms with Crippen molar-refractivity contribution in [1.29, 1.82) is 0 Å². The van der Waals surface area contributed by atoms with E-state index in [1.54, 1.807) is 0 Å². The Morgan fingerprint density at radius 2 is 1.63 bits per heavy atom. The topological polar surface area (TPSA) is 42.3 Å². The van der Waals surface area contributed by atoms with Gasteiger partial charge in [0.25, 0.3) is 0 Å². The average molecular weight is 487 g/mol. The minimum atomic E-state index is -0.0182.